The lowest BCUT2D eigenvalue weighted by molar-refractivity contribution is 0.100. The molecule has 0 spiro atoms. The number of aromatic nitrogens is 2. The van der Waals surface area contributed by atoms with E-state index in [4.69, 9.17) is 5.73 Å². The van der Waals surface area contributed by atoms with Gasteiger partial charge in [0, 0.05) is 11.6 Å². The van der Waals surface area contributed by atoms with E-state index in [1.807, 2.05) is 0 Å². The summed E-state index contributed by atoms with van der Waals surface area (Å²) in [6.45, 7) is 0. The minimum atomic E-state index is -0.591. The Morgan fingerprint density at radius 3 is 2.67 bits per heavy atom. The van der Waals surface area contributed by atoms with Crippen molar-refractivity contribution in [2.24, 2.45) is 5.73 Å². The highest BCUT2D eigenvalue weighted by atomic mass is 16.2. The molecule has 0 radical (unpaired) electrons. The van der Waals surface area contributed by atoms with Gasteiger partial charge in [-0.05, 0) is 31.0 Å². The molecule has 1 fully saturated rings. The van der Waals surface area contributed by atoms with Crippen LogP contribution in [0.5, 0.6) is 0 Å². The summed E-state index contributed by atoms with van der Waals surface area (Å²) in [7, 11) is 0. The van der Waals surface area contributed by atoms with E-state index in [0.717, 1.165) is 18.5 Å². The minimum absolute atomic E-state index is 0.266. The molecule has 6 heteroatoms. The van der Waals surface area contributed by atoms with E-state index < -0.39 is 5.91 Å². The quantitative estimate of drug-likeness (QED) is 0.891. The van der Waals surface area contributed by atoms with Crippen LogP contribution in [0.15, 0.2) is 36.7 Å². The summed E-state index contributed by atoms with van der Waals surface area (Å²) in [5.74, 6) is -0.530. The number of nitrogens with zero attached hydrogens (tertiary/aromatic N) is 2. The van der Waals surface area contributed by atoms with Crippen LogP contribution in [0, 0.1) is 0 Å². The lowest BCUT2D eigenvalue weighted by Crippen LogP contribution is -2.19. The lowest BCUT2D eigenvalue weighted by Gasteiger charge is -2.08. The molecule has 2 amide bonds. The highest BCUT2D eigenvalue weighted by molar-refractivity contribution is 6.07. The van der Waals surface area contributed by atoms with Crippen LogP contribution in [0.3, 0.4) is 0 Å². The van der Waals surface area contributed by atoms with Gasteiger partial charge in [0.1, 0.15) is 12.0 Å². The van der Waals surface area contributed by atoms with Gasteiger partial charge in [-0.2, -0.15) is 0 Å². The maximum Gasteiger partial charge on any atom is 0.274 e. The van der Waals surface area contributed by atoms with Crippen molar-refractivity contribution in [3.05, 3.63) is 53.6 Å². The molecule has 106 valence electrons. The van der Waals surface area contributed by atoms with Gasteiger partial charge in [-0.15, -0.1) is 0 Å². The second kappa shape index (κ2) is 5.32. The Hall–Kier alpha value is -2.76. The molecule has 1 saturated carbocycles. The van der Waals surface area contributed by atoms with Gasteiger partial charge >= 0.3 is 0 Å². The first-order valence-corrected chi connectivity index (χ1v) is 6.67. The molecule has 1 aromatic heterocycles. The Morgan fingerprint density at radius 2 is 1.95 bits per heavy atom. The Morgan fingerprint density at radius 1 is 1.19 bits per heavy atom. The smallest absolute Gasteiger partial charge is 0.274 e. The second-order valence-corrected chi connectivity index (χ2v) is 4.97. The Kier molecular flexibility index (Phi) is 3.35. The van der Waals surface area contributed by atoms with Crippen molar-refractivity contribution >= 4 is 17.5 Å². The van der Waals surface area contributed by atoms with Crippen molar-refractivity contribution in [1.82, 2.24) is 9.97 Å². The fraction of sp³-hybridized carbons (Fsp3) is 0.200. The third kappa shape index (κ3) is 2.89. The fourth-order valence-electron chi connectivity index (χ4n) is 2.09. The van der Waals surface area contributed by atoms with Crippen molar-refractivity contribution in [3.63, 3.8) is 0 Å². The monoisotopic (exact) mass is 282 g/mol. The van der Waals surface area contributed by atoms with Gasteiger partial charge in [0.15, 0.2) is 0 Å². The molecule has 1 aromatic carbocycles. The van der Waals surface area contributed by atoms with E-state index in [-0.39, 0.29) is 17.2 Å². The zero-order valence-corrected chi connectivity index (χ0v) is 11.2. The summed E-state index contributed by atoms with van der Waals surface area (Å²) in [4.78, 5) is 31.7. The molecule has 3 rings (SSSR count). The van der Waals surface area contributed by atoms with Crippen molar-refractivity contribution < 1.29 is 9.59 Å². The molecule has 1 heterocycles. The standard InChI is InChI=1S/C15H14N4O2/c16-14(20)10-3-1-2-4-11(10)19-15(21)13-7-12(9-5-6-9)17-8-18-13/h1-4,7-9H,5-6H2,(H2,16,20)(H,19,21). The number of carbonyl (C=O) groups is 2. The van der Waals surface area contributed by atoms with Crippen LogP contribution in [0.1, 0.15) is 45.3 Å². The summed E-state index contributed by atoms with van der Waals surface area (Å²) in [6, 6.07) is 8.29. The lowest BCUT2D eigenvalue weighted by atomic mass is 10.1. The molecule has 0 saturated heterocycles. The van der Waals surface area contributed by atoms with Crippen molar-refractivity contribution in [3.8, 4) is 0 Å². The largest absolute Gasteiger partial charge is 0.366 e. The number of amides is 2. The molecule has 0 aliphatic heterocycles. The molecule has 1 aliphatic rings. The number of anilines is 1. The van der Waals surface area contributed by atoms with E-state index in [9.17, 15) is 9.59 Å². The molecular weight excluding hydrogens is 268 g/mol. The van der Waals surface area contributed by atoms with E-state index in [1.165, 1.54) is 6.33 Å². The number of para-hydroxylation sites is 1. The van der Waals surface area contributed by atoms with Crippen LogP contribution in [0.2, 0.25) is 0 Å². The molecular formula is C15H14N4O2. The van der Waals surface area contributed by atoms with E-state index in [2.05, 4.69) is 15.3 Å². The number of carbonyl (C=O) groups excluding carboxylic acids is 2. The topological polar surface area (TPSA) is 98.0 Å². The van der Waals surface area contributed by atoms with Crippen LogP contribution >= 0.6 is 0 Å². The van der Waals surface area contributed by atoms with E-state index in [1.54, 1.807) is 30.3 Å². The molecule has 0 bridgehead atoms. The first-order chi connectivity index (χ1) is 10.1. The minimum Gasteiger partial charge on any atom is -0.366 e. The zero-order chi connectivity index (χ0) is 14.8. The number of benzene rings is 1. The van der Waals surface area contributed by atoms with E-state index in [0.29, 0.717) is 11.6 Å². The van der Waals surface area contributed by atoms with Gasteiger partial charge in [0.05, 0.1) is 11.3 Å². The summed E-state index contributed by atoms with van der Waals surface area (Å²) >= 11 is 0. The summed E-state index contributed by atoms with van der Waals surface area (Å²) < 4.78 is 0. The predicted octanol–water partition coefficient (Wildman–Crippen LogP) is 1.71. The predicted molar refractivity (Wildman–Crippen MR) is 76.9 cm³/mol. The van der Waals surface area contributed by atoms with Gasteiger partial charge in [-0.25, -0.2) is 9.97 Å². The number of nitrogens with one attached hydrogen (secondary N) is 1. The molecule has 21 heavy (non-hydrogen) atoms. The maximum absolute atomic E-state index is 12.2. The first kappa shape index (κ1) is 13.2. The van der Waals surface area contributed by atoms with Crippen molar-refractivity contribution in [1.29, 1.82) is 0 Å². The average molecular weight is 282 g/mol. The highest BCUT2D eigenvalue weighted by Crippen LogP contribution is 2.38. The van der Waals surface area contributed by atoms with Crippen molar-refractivity contribution in [2.75, 3.05) is 5.32 Å². The number of rotatable bonds is 4. The van der Waals surface area contributed by atoms with Gasteiger partial charge in [0.2, 0.25) is 0 Å². The van der Waals surface area contributed by atoms with Gasteiger partial charge < -0.3 is 11.1 Å². The van der Waals surface area contributed by atoms with Gasteiger partial charge in [-0.3, -0.25) is 9.59 Å². The SMILES string of the molecule is NC(=O)c1ccccc1NC(=O)c1cc(C2CC2)ncn1. The zero-order valence-electron chi connectivity index (χ0n) is 11.2. The van der Waals surface area contributed by atoms with Crippen LogP contribution < -0.4 is 11.1 Å². The summed E-state index contributed by atoms with van der Waals surface area (Å²) in [6.07, 6.45) is 3.59. The van der Waals surface area contributed by atoms with Crippen LogP contribution in [-0.4, -0.2) is 21.8 Å². The summed E-state index contributed by atoms with van der Waals surface area (Å²) in [5, 5.41) is 2.66. The van der Waals surface area contributed by atoms with Crippen molar-refractivity contribution in [2.45, 2.75) is 18.8 Å². The Labute approximate surface area is 121 Å². The molecule has 2 aromatic rings. The average Bonchev–Trinajstić information content (AvgIpc) is 3.32. The van der Waals surface area contributed by atoms with Crippen LogP contribution in [0.4, 0.5) is 5.69 Å². The number of hydrogen-bond acceptors (Lipinski definition) is 4. The number of primary amides is 1. The first-order valence-electron chi connectivity index (χ1n) is 6.67. The Bertz CT molecular complexity index is 710. The van der Waals surface area contributed by atoms with Gasteiger partial charge in [-0.1, -0.05) is 12.1 Å². The van der Waals surface area contributed by atoms with Crippen LogP contribution in [-0.2, 0) is 0 Å². The highest BCUT2D eigenvalue weighted by Gasteiger charge is 2.26. The molecule has 6 nitrogen and oxygen atoms in total. The molecule has 1 aliphatic carbocycles. The third-order valence-corrected chi connectivity index (χ3v) is 3.36. The van der Waals surface area contributed by atoms with E-state index >= 15 is 0 Å². The second-order valence-electron chi connectivity index (χ2n) is 4.97. The van der Waals surface area contributed by atoms with Crippen LogP contribution in [0.25, 0.3) is 0 Å². The molecule has 0 unspecified atom stereocenters. The molecule has 0 atom stereocenters. The Balaban J connectivity index is 1.83. The molecule has 3 N–H and O–H groups in total. The number of hydrogen-bond donors (Lipinski definition) is 2. The summed E-state index contributed by atoms with van der Waals surface area (Å²) in [5.41, 5.74) is 7.10. The fourth-order valence-corrected chi connectivity index (χ4v) is 2.09. The third-order valence-electron chi connectivity index (χ3n) is 3.36. The maximum atomic E-state index is 12.2. The normalized spacial score (nSPS) is 13.7. The number of nitrogens with two attached hydrogens (primary N) is 1. The van der Waals surface area contributed by atoms with Gasteiger partial charge in [0.25, 0.3) is 11.8 Å².